The van der Waals surface area contributed by atoms with E-state index < -0.39 is 31.6 Å². The summed E-state index contributed by atoms with van der Waals surface area (Å²) in [6, 6.07) is 30.2. The first-order chi connectivity index (χ1) is 24.9. The molecule has 1 spiro atoms. The maximum Gasteiger partial charge on any atom is 0.264 e. The van der Waals surface area contributed by atoms with Crippen LogP contribution in [-0.4, -0.2) is 55.4 Å². The number of hydrogen-bond donors (Lipinski definition) is 1. The number of carbonyl (C=O) groups excluding carboxylic acids is 3. The van der Waals surface area contributed by atoms with E-state index in [4.69, 9.17) is 16.3 Å². The zero-order chi connectivity index (χ0) is 36.8. The van der Waals surface area contributed by atoms with Crippen molar-refractivity contribution in [3.05, 3.63) is 124 Å². The predicted octanol–water partition coefficient (Wildman–Crippen LogP) is 7.68. The van der Waals surface area contributed by atoms with Gasteiger partial charge >= 0.3 is 0 Å². The number of rotatable bonds is 10. The molecular formula is C41H43ClFN3O5Si. The number of para-hydroxylation sites is 1. The number of aliphatic hydroxyl groups excluding tert-OH is 1. The Morgan fingerprint density at radius 2 is 1.69 bits per heavy atom. The van der Waals surface area contributed by atoms with Gasteiger partial charge < -0.3 is 23.8 Å². The van der Waals surface area contributed by atoms with E-state index in [-0.39, 0.29) is 50.4 Å². The third-order valence-corrected chi connectivity index (χ3v) is 13.5. The summed E-state index contributed by atoms with van der Waals surface area (Å²) in [5, 5.41) is 10.2. The number of ether oxygens (including phenoxy) is 1. The van der Waals surface area contributed by atoms with Gasteiger partial charge in [0.15, 0.2) is 5.60 Å². The molecule has 11 heteroatoms. The van der Waals surface area contributed by atoms with Crippen molar-refractivity contribution < 1.29 is 28.3 Å². The van der Waals surface area contributed by atoms with Crippen molar-refractivity contribution in [3.8, 4) is 0 Å². The fourth-order valence-electron chi connectivity index (χ4n) is 8.58. The molecule has 270 valence electrons. The van der Waals surface area contributed by atoms with E-state index in [0.29, 0.717) is 34.8 Å². The van der Waals surface area contributed by atoms with Crippen LogP contribution in [0.2, 0.25) is 23.7 Å². The number of anilines is 3. The second-order valence-electron chi connectivity index (χ2n) is 14.6. The number of halogens is 2. The molecule has 0 aromatic heterocycles. The van der Waals surface area contributed by atoms with E-state index in [2.05, 4.69) is 0 Å². The van der Waals surface area contributed by atoms with Crippen molar-refractivity contribution in [2.45, 2.75) is 69.6 Å². The van der Waals surface area contributed by atoms with Gasteiger partial charge in [-0.1, -0.05) is 79.2 Å². The van der Waals surface area contributed by atoms with Crippen LogP contribution in [0, 0.1) is 5.92 Å². The van der Waals surface area contributed by atoms with Gasteiger partial charge in [0.05, 0.1) is 37.1 Å². The molecule has 4 atom stereocenters. The molecule has 7 rings (SSSR count). The second-order valence-corrected chi connectivity index (χ2v) is 18.8. The van der Waals surface area contributed by atoms with Crippen molar-refractivity contribution in [3.63, 3.8) is 0 Å². The minimum atomic E-state index is -3.55. The van der Waals surface area contributed by atoms with Crippen LogP contribution in [-0.2, 0) is 44.2 Å². The molecule has 0 saturated carbocycles. The standard InChI is InChI=1S/C41H43ClFN3O5Si/c1-27-39(52(2,3)43)36(24-38(49)44(20-21-47)25-28-10-5-4-6-11-28)51-41(27)33-23-31(42)17-18-35(33)45(40(41)50)26-29-12-9-14-32(22-29)46-34-15-8-7-13-30(34)16-19-37(46)48/h4-15,17-18,22-23,27,36,39,47H,16,19-21,24-26H2,1-3H3/t27-,36+,39-,41+/m1/s1. The van der Waals surface area contributed by atoms with Crippen LogP contribution >= 0.6 is 11.6 Å². The first-order valence-corrected chi connectivity index (χ1v) is 21.2. The summed E-state index contributed by atoms with van der Waals surface area (Å²) in [7, 11) is -3.55. The Kier molecular flexibility index (Phi) is 9.86. The maximum absolute atomic E-state index is 16.5. The molecule has 3 aliphatic heterocycles. The molecule has 3 amide bonds. The summed E-state index contributed by atoms with van der Waals surface area (Å²) in [5.74, 6) is -1.22. The lowest BCUT2D eigenvalue weighted by atomic mass is 9.82. The quantitative estimate of drug-likeness (QED) is 0.133. The van der Waals surface area contributed by atoms with Gasteiger partial charge in [0.1, 0.15) is 0 Å². The zero-order valence-corrected chi connectivity index (χ0v) is 31.4. The predicted molar refractivity (Wildman–Crippen MR) is 203 cm³/mol. The van der Waals surface area contributed by atoms with Crippen LogP contribution in [0.25, 0.3) is 0 Å². The molecule has 3 aliphatic rings. The van der Waals surface area contributed by atoms with Crippen LogP contribution in [0.5, 0.6) is 0 Å². The number of amides is 3. The van der Waals surface area contributed by atoms with Crippen LogP contribution in [0.15, 0.2) is 97.1 Å². The molecule has 0 aliphatic carbocycles. The number of hydrogen-bond acceptors (Lipinski definition) is 5. The SMILES string of the molecule is C[C@@H]1[C@@H]([Si](C)(C)F)[C@H](CC(=O)N(CCO)Cc2ccccc2)O[C@@]12C(=O)N(Cc1cccc(N3C(=O)CCc4ccccc43)c1)c1ccc(Cl)cc12. The molecular weight excluding hydrogens is 697 g/mol. The largest absolute Gasteiger partial charge is 0.395 e. The number of fused-ring (bicyclic) bond motifs is 3. The summed E-state index contributed by atoms with van der Waals surface area (Å²) in [5.41, 5.74) is 3.29. The van der Waals surface area contributed by atoms with Gasteiger partial charge in [0, 0.05) is 47.2 Å². The van der Waals surface area contributed by atoms with E-state index in [1.165, 1.54) is 0 Å². The van der Waals surface area contributed by atoms with Crippen molar-refractivity contribution in [1.29, 1.82) is 0 Å². The fraction of sp³-hybridized carbons (Fsp3) is 0.341. The highest BCUT2D eigenvalue weighted by Gasteiger charge is 2.67. The summed E-state index contributed by atoms with van der Waals surface area (Å²) in [6.45, 7) is 5.40. The monoisotopic (exact) mass is 739 g/mol. The van der Waals surface area contributed by atoms with Crippen LogP contribution < -0.4 is 9.80 Å². The van der Waals surface area contributed by atoms with Crippen molar-refractivity contribution >= 4 is 54.8 Å². The third-order valence-electron chi connectivity index (χ3n) is 10.8. The Hall–Kier alpha value is -4.35. The Labute approximate surface area is 309 Å². The molecule has 8 nitrogen and oxygen atoms in total. The Morgan fingerprint density at radius 1 is 0.962 bits per heavy atom. The van der Waals surface area contributed by atoms with Crippen molar-refractivity contribution in [2.24, 2.45) is 5.92 Å². The summed E-state index contributed by atoms with van der Waals surface area (Å²) < 4.78 is 23.3. The van der Waals surface area contributed by atoms with Crippen molar-refractivity contribution in [2.75, 3.05) is 23.0 Å². The topological polar surface area (TPSA) is 90.4 Å². The van der Waals surface area contributed by atoms with Crippen LogP contribution in [0.4, 0.5) is 21.2 Å². The van der Waals surface area contributed by atoms with Crippen LogP contribution in [0.3, 0.4) is 0 Å². The Balaban J connectivity index is 1.21. The zero-order valence-electron chi connectivity index (χ0n) is 29.6. The molecule has 52 heavy (non-hydrogen) atoms. The van der Waals surface area contributed by atoms with Gasteiger partial charge in [-0.2, -0.15) is 0 Å². The number of aryl methyl sites for hydroxylation is 1. The molecule has 1 N–H and O–H groups in total. The summed E-state index contributed by atoms with van der Waals surface area (Å²) in [6.07, 6.45) is 0.0721. The van der Waals surface area contributed by atoms with Gasteiger partial charge in [-0.3, -0.25) is 19.3 Å². The average Bonchev–Trinajstić information content (AvgIpc) is 3.54. The first-order valence-electron chi connectivity index (χ1n) is 17.8. The highest BCUT2D eigenvalue weighted by atomic mass is 35.5. The minimum Gasteiger partial charge on any atom is -0.395 e. The number of aliphatic hydroxyl groups is 1. The van der Waals surface area contributed by atoms with Gasteiger partial charge in [0.2, 0.25) is 20.2 Å². The third kappa shape index (κ3) is 6.46. The smallest absolute Gasteiger partial charge is 0.264 e. The average molecular weight is 740 g/mol. The highest BCUT2D eigenvalue weighted by molar-refractivity contribution is 6.72. The Morgan fingerprint density at radius 3 is 2.44 bits per heavy atom. The normalized spacial score (nSPS) is 22.5. The van der Waals surface area contributed by atoms with E-state index >= 15 is 4.11 Å². The second kappa shape index (κ2) is 14.2. The first kappa shape index (κ1) is 36.0. The van der Waals surface area contributed by atoms with E-state index in [1.54, 1.807) is 46.0 Å². The van der Waals surface area contributed by atoms with Gasteiger partial charge in [-0.15, -0.1) is 0 Å². The molecule has 1 saturated heterocycles. The molecule has 4 aromatic rings. The molecule has 0 radical (unpaired) electrons. The lowest BCUT2D eigenvalue weighted by Crippen LogP contribution is -2.45. The van der Waals surface area contributed by atoms with Gasteiger partial charge in [-0.05, 0) is 72.6 Å². The number of carbonyl (C=O) groups is 3. The minimum absolute atomic E-state index is 0.00572. The Bertz CT molecular complexity index is 2010. The lowest BCUT2D eigenvalue weighted by Gasteiger charge is -2.31. The summed E-state index contributed by atoms with van der Waals surface area (Å²) >= 11 is 6.58. The van der Waals surface area contributed by atoms with Gasteiger partial charge in [0.25, 0.3) is 5.91 Å². The molecule has 1 fully saturated rings. The van der Waals surface area contributed by atoms with Crippen molar-refractivity contribution in [1.82, 2.24) is 4.90 Å². The highest BCUT2D eigenvalue weighted by Crippen LogP contribution is 2.60. The lowest BCUT2D eigenvalue weighted by molar-refractivity contribution is -0.150. The summed E-state index contributed by atoms with van der Waals surface area (Å²) in [4.78, 5) is 47.0. The molecule has 3 heterocycles. The number of benzene rings is 4. The van der Waals surface area contributed by atoms with Gasteiger partial charge in [-0.25, -0.2) is 0 Å². The molecule has 0 bridgehead atoms. The van der Waals surface area contributed by atoms with Crippen LogP contribution in [0.1, 0.15) is 42.0 Å². The molecule has 4 aromatic carbocycles. The number of nitrogens with zero attached hydrogens (tertiary/aromatic N) is 3. The maximum atomic E-state index is 16.5. The van der Waals surface area contributed by atoms with E-state index in [9.17, 15) is 19.5 Å². The van der Waals surface area contributed by atoms with E-state index in [0.717, 1.165) is 22.4 Å². The molecule has 0 unspecified atom stereocenters. The van der Waals surface area contributed by atoms with E-state index in [1.807, 2.05) is 85.8 Å². The fourth-order valence-corrected chi connectivity index (χ4v) is 11.2.